The summed E-state index contributed by atoms with van der Waals surface area (Å²) >= 11 is 0. The third kappa shape index (κ3) is 4.95. The number of carbonyl (C=O) groups is 1. The van der Waals surface area contributed by atoms with E-state index in [4.69, 9.17) is 14.5 Å². The Morgan fingerprint density at radius 3 is 2.79 bits per heavy atom. The Morgan fingerprint density at radius 2 is 2.00 bits per heavy atom. The van der Waals surface area contributed by atoms with Gasteiger partial charge < -0.3 is 9.47 Å². The first kappa shape index (κ1) is 19.9. The van der Waals surface area contributed by atoms with Crippen molar-refractivity contribution < 1.29 is 14.3 Å². The zero-order valence-electron chi connectivity index (χ0n) is 17.3. The van der Waals surface area contributed by atoms with E-state index in [-0.39, 0.29) is 17.8 Å². The third-order valence-corrected chi connectivity index (χ3v) is 6.16. The summed E-state index contributed by atoms with van der Waals surface area (Å²) < 4.78 is 11.2. The molecule has 2 atom stereocenters. The summed E-state index contributed by atoms with van der Waals surface area (Å²) in [7, 11) is 0. The molecule has 29 heavy (non-hydrogen) atoms. The van der Waals surface area contributed by atoms with E-state index < -0.39 is 0 Å². The van der Waals surface area contributed by atoms with E-state index in [0.717, 1.165) is 41.6 Å². The smallest absolute Gasteiger partial charge is 0.309 e. The van der Waals surface area contributed by atoms with Crippen molar-refractivity contribution in [2.75, 3.05) is 13.2 Å². The van der Waals surface area contributed by atoms with Crippen molar-refractivity contribution in [3.05, 3.63) is 42.4 Å². The number of esters is 1. The fourth-order valence-corrected chi connectivity index (χ4v) is 4.20. The molecule has 2 saturated carbocycles. The van der Waals surface area contributed by atoms with E-state index in [9.17, 15) is 4.79 Å². The highest BCUT2D eigenvalue weighted by Gasteiger charge is 2.46. The van der Waals surface area contributed by atoms with Crippen molar-refractivity contribution in [2.45, 2.75) is 51.9 Å². The molecule has 2 aromatic heterocycles. The molecule has 0 radical (unpaired) electrons. The lowest BCUT2D eigenvalue weighted by Gasteiger charge is -2.26. The summed E-state index contributed by atoms with van der Waals surface area (Å²) in [6.45, 7) is 5.36. The molecule has 2 aliphatic rings. The molecule has 0 aromatic carbocycles. The molecular formula is C24H30N2O3. The van der Waals surface area contributed by atoms with Gasteiger partial charge in [0.05, 0.1) is 31.0 Å². The molecule has 0 bridgehead atoms. The Kier molecular flexibility index (Phi) is 6.12. The minimum absolute atomic E-state index is 0.0521. The number of nitrogens with zero attached hydrogens (tertiary/aromatic N) is 2. The van der Waals surface area contributed by atoms with Gasteiger partial charge >= 0.3 is 5.97 Å². The lowest BCUT2D eigenvalue weighted by Crippen LogP contribution is -2.18. The van der Waals surface area contributed by atoms with Gasteiger partial charge in [-0.2, -0.15) is 0 Å². The summed E-state index contributed by atoms with van der Waals surface area (Å²) in [5.74, 6) is 2.29. The van der Waals surface area contributed by atoms with Gasteiger partial charge in [-0.1, -0.05) is 25.8 Å². The van der Waals surface area contributed by atoms with Crippen LogP contribution in [0.5, 0.6) is 5.75 Å². The first-order valence-corrected chi connectivity index (χ1v) is 10.9. The van der Waals surface area contributed by atoms with Crippen LogP contribution in [0.2, 0.25) is 0 Å². The molecule has 2 aromatic rings. The van der Waals surface area contributed by atoms with Crippen LogP contribution in [0.3, 0.4) is 0 Å². The molecule has 0 aliphatic heterocycles. The molecule has 154 valence electrons. The lowest BCUT2D eigenvalue weighted by molar-refractivity contribution is -0.144. The lowest BCUT2D eigenvalue weighted by atomic mass is 9.83. The normalized spacial score (nSPS) is 26.0. The number of aromatic nitrogens is 2. The highest BCUT2D eigenvalue weighted by molar-refractivity contribution is 5.77. The van der Waals surface area contributed by atoms with E-state index in [1.807, 2.05) is 37.4 Å². The molecule has 0 amide bonds. The maximum Gasteiger partial charge on any atom is 0.309 e. The maximum absolute atomic E-state index is 11.9. The number of carbonyl (C=O) groups excluding carboxylic acids is 1. The van der Waals surface area contributed by atoms with E-state index >= 15 is 0 Å². The largest absolute Gasteiger partial charge is 0.492 e. The van der Waals surface area contributed by atoms with Crippen molar-refractivity contribution in [3.8, 4) is 17.0 Å². The van der Waals surface area contributed by atoms with E-state index in [0.29, 0.717) is 12.5 Å². The number of hydrogen-bond acceptors (Lipinski definition) is 5. The second-order valence-electron chi connectivity index (χ2n) is 8.49. The molecule has 0 unspecified atom stereocenters. The topological polar surface area (TPSA) is 61.3 Å². The van der Waals surface area contributed by atoms with Gasteiger partial charge in [0.25, 0.3) is 0 Å². The quantitative estimate of drug-likeness (QED) is 0.618. The second-order valence-corrected chi connectivity index (χ2v) is 8.49. The number of pyridine rings is 2. The molecule has 5 nitrogen and oxygen atoms in total. The standard InChI is InChI=1S/C24H30N2O3/c1-3-28-24(27)21-12-20(21)23-6-4-5-22(26-23)18-11-19(14-25-13-18)29-15-17-9-7-16(2)8-10-17/h4-6,11,13-14,16-17,20-21H,3,7-10,12,15H2,1-2H3/t16?,17?,20-,21-/m1/s1. The summed E-state index contributed by atoms with van der Waals surface area (Å²) in [5.41, 5.74) is 2.75. The first-order valence-electron chi connectivity index (χ1n) is 10.9. The van der Waals surface area contributed by atoms with Gasteiger partial charge in [0.15, 0.2) is 0 Å². The van der Waals surface area contributed by atoms with Crippen LogP contribution >= 0.6 is 0 Å². The van der Waals surface area contributed by atoms with Gasteiger partial charge in [-0.3, -0.25) is 14.8 Å². The molecule has 4 rings (SSSR count). The van der Waals surface area contributed by atoms with Crippen LogP contribution in [-0.2, 0) is 9.53 Å². The molecule has 0 spiro atoms. The fraction of sp³-hybridized carbons (Fsp3) is 0.542. The van der Waals surface area contributed by atoms with Crippen LogP contribution < -0.4 is 4.74 Å². The fourth-order valence-electron chi connectivity index (χ4n) is 4.20. The van der Waals surface area contributed by atoms with Crippen LogP contribution in [0, 0.1) is 17.8 Å². The monoisotopic (exact) mass is 394 g/mol. The molecule has 5 heteroatoms. The van der Waals surface area contributed by atoms with E-state index in [1.165, 1.54) is 25.7 Å². The maximum atomic E-state index is 11.9. The van der Waals surface area contributed by atoms with Gasteiger partial charge in [-0.15, -0.1) is 0 Å². The molecule has 2 heterocycles. The van der Waals surface area contributed by atoms with E-state index in [1.54, 1.807) is 6.20 Å². The van der Waals surface area contributed by atoms with E-state index in [2.05, 4.69) is 11.9 Å². The predicted molar refractivity (Wildman–Crippen MR) is 112 cm³/mol. The number of rotatable bonds is 7. The minimum atomic E-state index is -0.112. The molecule has 2 fully saturated rings. The molecular weight excluding hydrogens is 364 g/mol. The summed E-state index contributed by atoms with van der Waals surface area (Å²) in [4.78, 5) is 21.1. The minimum Gasteiger partial charge on any atom is -0.492 e. The van der Waals surface area contributed by atoms with Gasteiger partial charge in [0, 0.05) is 23.4 Å². The second kappa shape index (κ2) is 8.93. The van der Waals surface area contributed by atoms with Crippen molar-refractivity contribution in [1.29, 1.82) is 0 Å². The van der Waals surface area contributed by atoms with Crippen molar-refractivity contribution in [3.63, 3.8) is 0 Å². The van der Waals surface area contributed by atoms with Crippen molar-refractivity contribution in [1.82, 2.24) is 9.97 Å². The number of hydrogen-bond donors (Lipinski definition) is 0. The SMILES string of the molecule is CCOC(=O)[C@@H]1C[C@H]1c1cccc(-c2cncc(OCC3CCC(C)CC3)c2)n1. The Bertz CT molecular complexity index is 846. The molecule has 2 aliphatic carbocycles. The zero-order chi connectivity index (χ0) is 20.2. The van der Waals surface area contributed by atoms with Crippen LogP contribution in [0.15, 0.2) is 36.7 Å². The van der Waals surface area contributed by atoms with Gasteiger partial charge in [0.1, 0.15) is 5.75 Å². The number of ether oxygens (including phenoxy) is 2. The van der Waals surface area contributed by atoms with Crippen LogP contribution in [-0.4, -0.2) is 29.2 Å². The average Bonchev–Trinajstić information content (AvgIpc) is 3.55. The summed E-state index contributed by atoms with van der Waals surface area (Å²) in [6.07, 6.45) is 9.51. The molecule has 0 N–H and O–H groups in total. The Balaban J connectivity index is 1.40. The first-order chi connectivity index (χ1) is 14.1. The highest BCUT2D eigenvalue weighted by Crippen LogP contribution is 2.47. The highest BCUT2D eigenvalue weighted by atomic mass is 16.5. The Hall–Kier alpha value is -2.43. The zero-order valence-corrected chi connectivity index (χ0v) is 17.3. The predicted octanol–water partition coefficient (Wildman–Crippen LogP) is 5.02. The summed E-state index contributed by atoms with van der Waals surface area (Å²) in [5, 5.41) is 0. The van der Waals surface area contributed by atoms with Crippen LogP contribution in [0.4, 0.5) is 0 Å². The third-order valence-electron chi connectivity index (χ3n) is 6.16. The van der Waals surface area contributed by atoms with Gasteiger partial charge in [-0.05, 0) is 56.2 Å². The molecule has 0 saturated heterocycles. The van der Waals surface area contributed by atoms with Crippen molar-refractivity contribution in [2.24, 2.45) is 17.8 Å². The van der Waals surface area contributed by atoms with Gasteiger partial charge in [-0.25, -0.2) is 0 Å². The van der Waals surface area contributed by atoms with Crippen molar-refractivity contribution >= 4 is 5.97 Å². The van der Waals surface area contributed by atoms with Crippen LogP contribution in [0.25, 0.3) is 11.3 Å². The Morgan fingerprint density at radius 1 is 1.17 bits per heavy atom. The average molecular weight is 395 g/mol. The summed E-state index contributed by atoms with van der Waals surface area (Å²) in [6, 6.07) is 7.98. The Labute approximate surface area is 172 Å². The van der Waals surface area contributed by atoms with Gasteiger partial charge in [0.2, 0.25) is 0 Å². The van der Waals surface area contributed by atoms with Crippen LogP contribution in [0.1, 0.15) is 57.6 Å².